The summed E-state index contributed by atoms with van der Waals surface area (Å²) in [5, 5.41) is 9.45. The zero-order valence-electron chi connectivity index (χ0n) is 34.1. The van der Waals surface area contributed by atoms with Crippen LogP contribution < -0.4 is 0 Å². The van der Waals surface area contributed by atoms with Gasteiger partial charge in [-0.25, -0.2) is 0 Å². The van der Waals surface area contributed by atoms with Crippen molar-refractivity contribution in [2.75, 3.05) is 39.5 Å². The Balaban J connectivity index is 4.52. The number of ether oxygens (including phenoxy) is 2. The molecular formula is C44H87NO5. The molecule has 1 N–H and O–H groups in total. The summed E-state index contributed by atoms with van der Waals surface area (Å²) in [6.07, 6.45) is 34.4. The fourth-order valence-corrected chi connectivity index (χ4v) is 7.00. The number of hydrogen-bond acceptors (Lipinski definition) is 6. The van der Waals surface area contributed by atoms with Gasteiger partial charge in [0.05, 0.1) is 25.0 Å². The van der Waals surface area contributed by atoms with Crippen LogP contribution in [0.1, 0.15) is 220 Å². The molecule has 0 heterocycles. The molecule has 6 nitrogen and oxygen atoms in total. The molecule has 0 aromatic carbocycles. The molecule has 0 aliphatic heterocycles. The van der Waals surface area contributed by atoms with E-state index in [1.54, 1.807) is 0 Å². The molecule has 0 aliphatic carbocycles. The van der Waals surface area contributed by atoms with Crippen LogP contribution in [0.2, 0.25) is 0 Å². The van der Waals surface area contributed by atoms with Crippen LogP contribution in [-0.4, -0.2) is 61.4 Å². The Morgan fingerprint density at radius 3 is 1.06 bits per heavy atom. The van der Waals surface area contributed by atoms with Crippen molar-refractivity contribution in [3.05, 3.63) is 0 Å². The summed E-state index contributed by atoms with van der Waals surface area (Å²) in [5.74, 6) is 0.165. The number of aliphatic hydroxyl groups excluding tert-OH is 1. The first kappa shape index (κ1) is 48.9. The minimum Gasteiger partial charge on any atom is -0.465 e. The first-order valence-corrected chi connectivity index (χ1v) is 22.2. The molecule has 0 fully saturated rings. The maximum atomic E-state index is 13.0. The number of esters is 2. The molecule has 0 saturated heterocycles. The third kappa shape index (κ3) is 31.6. The summed E-state index contributed by atoms with van der Waals surface area (Å²) in [6.45, 7) is 12.9. The van der Waals surface area contributed by atoms with Crippen LogP contribution in [0.25, 0.3) is 0 Å². The molecule has 0 spiro atoms. The zero-order chi connectivity index (χ0) is 36.8. The van der Waals surface area contributed by atoms with E-state index in [1.165, 1.54) is 109 Å². The normalized spacial score (nSPS) is 12.8. The number of unbranched alkanes of at least 4 members (excludes halogenated alkanes) is 19. The van der Waals surface area contributed by atoms with Gasteiger partial charge < -0.3 is 19.5 Å². The lowest BCUT2D eigenvalue weighted by Crippen LogP contribution is -2.28. The van der Waals surface area contributed by atoms with Crippen molar-refractivity contribution < 1.29 is 24.2 Å². The maximum absolute atomic E-state index is 13.0. The molecule has 0 aromatic rings. The Hall–Kier alpha value is -1.14. The van der Waals surface area contributed by atoms with Gasteiger partial charge in [0.1, 0.15) is 0 Å². The van der Waals surface area contributed by atoms with Gasteiger partial charge in [-0.1, -0.05) is 163 Å². The number of aliphatic hydroxyl groups is 1. The van der Waals surface area contributed by atoms with E-state index in [0.29, 0.717) is 13.2 Å². The van der Waals surface area contributed by atoms with Crippen molar-refractivity contribution in [2.45, 2.75) is 220 Å². The van der Waals surface area contributed by atoms with Gasteiger partial charge in [0.15, 0.2) is 0 Å². The zero-order valence-corrected chi connectivity index (χ0v) is 34.1. The minimum atomic E-state index is 0.0208. The Morgan fingerprint density at radius 2 is 0.720 bits per heavy atom. The van der Waals surface area contributed by atoms with Crippen molar-refractivity contribution >= 4 is 11.9 Å². The number of nitrogens with zero attached hydrogens (tertiary/aromatic N) is 1. The van der Waals surface area contributed by atoms with Gasteiger partial charge in [0.25, 0.3) is 0 Å². The summed E-state index contributed by atoms with van der Waals surface area (Å²) in [7, 11) is 0. The van der Waals surface area contributed by atoms with E-state index < -0.39 is 0 Å². The largest absolute Gasteiger partial charge is 0.465 e. The van der Waals surface area contributed by atoms with Gasteiger partial charge in [-0.2, -0.15) is 0 Å². The molecule has 50 heavy (non-hydrogen) atoms. The van der Waals surface area contributed by atoms with Crippen LogP contribution in [0.5, 0.6) is 0 Å². The predicted molar refractivity (Wildman–Crippen MR) is 214 cm³/mol. The van der Waals surface area contributed by atoms with Crippen molar-refractivity contribution in [3.8, 4) is 0 Å². The Morgan fingerprint density at radius 1 is 0.420 bits per heavy atom. The third-order valence-corrected chi connectivity index (χ3v) is 10.4. The van der Waals surface area contributed by atoms with Gasteiger partial charge in [0, 0.05) is 13.2 Å². The van der Waals surface area contributed by atoms with Crippen LogP contribution >= 0.6 is 0 Å². The van der Waals surface area contributed by atoms with E-state index in [0.717, 1.165) is 103 Å². The molecule has 0 rings (SSSR count). The van der Waals surface area contributed by atoms with E-state index in [1.807, 2.05) is 0 Å². The average Bonchev–Trinajstić information content (AvgIpc) is 3.12. The van der Waals surface area contributed by atoms with Crippen LogP contribution in [0.15, 0.2) is 0 Å². The number of carbonyl (C=O) groups excluding carboxylic acids is 2. The Kier molecular flexibility index (Phi) is 38.2. The molecule has 298 valence electrons. The summed E-state index contributed by atoms with van der Waals surface area (Å²) in [4.78, 5) is 28.5. The number of carbonyl (C=O) groups is 2. The number of rotatable bonds is 40. The Labute approximate surface area is 312 Å². The molecule has 0 aromatic heterocycles. The molecular weight excluding hydrogens is 622 g/mol. The second-order valence-corrected chi connectivity index (χ2v) is 15.2. The molecule has 0 bridgehead atoms. The van der Waals surface area contributed by atoms with Crippen LogP contribution in [0.4, 0.5) is 0 Å². The van der Waals surface area contributed by atoms with E-state index in [4.69, 9.17) is 9.47 Å². The van der Waals surface area contributed by atoms with Gasteiger partial charge in [-0.3, -0.25) is 9.59 Å². The second kappa shape index (κ2) is 39.1. The highest BCUT2D eigenvalue weighted by Crippen LogP contribution is 2.22. The second-order valence-electron chi connectivity index (χ2n) is 15.2. The lowest BCUT2D eigenvalue weighted by molar-refractivity contribution is -0.150. The summed E-state index contributed by atoms with van der Waals surface area (Å²) in [6, 6.07) is 0. The highest BCUT2D eigenvalue weighted by Gasteiger charge is 2.20. The van der Waals surface area contributed by atoms with E-state index in [-0.39, 0.29) is 30.4 Å². The minimum absolute atomic E-state index is 0.0208. The molecule has 2 unspecified atom stereocenters. The quantitative estimate of drug-likeness (QED) is 0.0504. The van der Waals surface area contributed by atoms with Crippen LogP contribution in [0.3, 0.4) is 0 Å². The van der Waals surface area contributed by atoms with E-state index in [2.05, 4.69) is 32.6 Å². The molecule has 2 atom stereocenters. The van der Waals surface area contributed by atoms with Gasteiger partial charge in [-0.05, 0) is 70.9 Å². The molecule has 0 amide bonds. The van der Waals surface area contributed by atoms with Gasteiger partial charge in [-0.15, -0.1) is 0 Å². The van der Waals surface area contributed by atoms with Crippen LogP contribution in [-0.2, 0) is 19.1 Å². The van der Waals surface area contributed by atoms with E-state index >= 15 is 0 Å². The molecule has 0 radical (unpaired) electrons. The van der Waals surface area contributed by atoms with Gasteiger partial charge in [0.2, 0.25) is 0 Å². The highest BCUT2D eigenvalue weighted by molar-refractivity contribution is 5.72. The average molecular weight is 710 g/mol. The summed E-state index contributed by atoms with van der Waals surface area (Å²) < 4.78 is 11.6. The summed E-state index contributed by atoms with van der Waals surface area (Å²) >= 11 is 0. The SMILES string of the molecule is CCCCCCCCC(CCCCCC)C(=O)OCCCCN(CCCO)CCCCOC(=O)C(CCCCCCC)CCCCCCCC. The maximum Gasteiger partial charge on any atom is 0.308 e. The number of hydrogen-bond donors (Lipinski definition) is 1. The van der Waals surface area contributed by atoms with Crippen LogP contribution in [0, 0.1) is 11.8 Å². The first-order valence-electron chi connectivity index (χ1n) is 22.2. The lowest BCUT2D eigenvalue weighted by Gasteiger charge is -2.22. The standard InChI is InChI=1S/C44H87NO5/c1-5-9-13-17-20-24-33-41(31-22-16-12-8-4)43(47)49-39-28-26-35-45(37-30-38-46)36-27-29-40-50-44(48)42(32-23-19-15-11-7-3)34-25-21-18-14-10-6-2/h41-42,46H,5-40H2,1-4H3. The fourth-order valence-electron chi connectivity index (χ4n) is 7.00. The summed E-state index contributed by atoms with van der Waals surface area (Å²) in [5.41, 5.74) is 0. The molecule has 6 heteroatoms. The smallest absolute Gasteiger partial charge is 0.308 e. The monoisotopic (exact) mass is 710 g/mol. The van der Waals surface area contributed by atoms with Gasteiger partial charge >= 0.3 is 11.9 Å². The molecule has 0 aliphatic rings. The molecule has 0 saturated carbocycles. The topological polar surface area (TPSA) is 76.1 Å². The lowest BCUT2D eigenvalue weighted by atomic mass is 9.94. The fraction of sp³-hybridized carbons (Fsp3) is 0.955. The first-order chi connectivity index (χ1) is 24.5. The van der Waals surface area contributed by atoms with Crippen molar-refractivity contribution in [1.82, 2.24) is 4.90 Å². The van der Waals surface area contributed by atoms with Crippen molar-refractivity contribution in [3.63, 3.8) is 0 Å². The predicted octanol–water partition coefficient (Wildman–Crippen LogP) is 12.4. The van der Waals surface area contributed by atoms with E-state index in [9.17, 15) is 14.7 Å². The van der Waals surface area contributed by atoms with Crippen molar-refractivity contribution in [1.29, 1.82) is 0 Å². The Bertz CT molecular complexity index is 717. The van der Waals surface area contributed by atoms with Crippen molar-refractivity contribution in [2.24, 2.45) is 11.8 Å². The third-order valence-electron chi connectivity index (χ3n) is 10.4. The highest BCUT2D eigenvalue weighted by atomic mass is 16.5.